The minimum Gasteiger partial charge on any atom is -0.394 e. The van der Waals surface area contributed by atoms with Crippen LogP contribution in [0.1, 0.15) is 50.1 Å². The molecule has 0 atom stereocenters. The molecule has 7 heteroatoms. The van der Waals surface area contributed by atoms with Crippen LogP contribution in [0.2, 0.25) is 0 Å². The first-order chi connectivity index (χ1) is 12.2. The number of carbonyl (C=O) groups is 1. The quantitative estimate of drug-likeness (QED) is 0.802. The molecule has 0 radical (unpaired) electrons. The van der Waals surface area contributed by atoms with Crippen molar-refractivity contribution in [3.8, 4) is 6.07 Å². The number of aliphatic hydroxyl groups is 1. The minimum atomic E-state index is -0.633. The van der Waals surface area contributed by atoms with Crippen molar-refractivity contribution in [2.75, 3.05) is 26.2 Å². The van der Waals surface area contributed by atoms with Crippen molar-refractivity contribution in [2.24, 2.45) is 0 Å². The highest BCUT2D eigenvalue weighted by molar-refractivity contribution is 5.79. The molecule has 0 spiro atoms. The van der Waals surface area contributed by atoms with Gasteiger partial charge in [0.25, 0.3) is 0 Å². The van der Waals surface area contributed by atoms with E-state index in [4.69, 9.17) is 5.11 Å². The fourth-order valence-electron chi connectivity index (χ4n) is 4.11. The lowest BCUT2D eigenvalue weighted by atomic mass is 9.93. The molecule has 0 unspecified atom stereocenters. The zero-order valence-electron chi connectivity index (χ0n) is 14.7. The summed E-state index contributed by atoms with van der Waals surface area (Å²) in [7, 11) is 0. The largest absolute Gasteiger partial charge is 0.394 e. The second-order valence-electron chi connectivity index (χ2n) is 7.20. The van der Waals surface area contributed by atoms with Gasteiger partial charge in [-0.25, -0.2) is 0 Å². The maximum absolute atomic E-state index is 12.3. The normalized spacial score (nSPS) is 21.1. The number of hydrogen-bond acceptors (Lipinski definition) is 5. The molecular weight excluding hydrogens is 318 g/mol. The number of nitriles is 1. The molecule has 2 N–H and O–H groups in total. The van der Waals surface area contributed by atoms with E-state index < -0.39 is 5.54 Å². The van der Waals surface area contributed by atoms with Crippen molar-refractivity contribution >= 4 is 5.91 Å². The standard InChI is InChI=1S/C18H27N5O2/c19-14-18(6-1-2-7-18)21-17(25)13-22-9-4-15(5-10-22)16-3-8-20-23(16)11-12-24/h3,8,15,24H,1-2,4-7,9-13H2,(H,21,25). The predicted octanol–water partition coefficient (Wildman–Crippen LogP) is 1.01. The van der Waals surface area contributed by atoms with Crippen molar-refractivity contribution < 1.29 is 9.90 Å². The highest BCUT2D eigenvalue weighted by Crippen LogP contribution is 2.30. The monoisotopic (exact) mass is 345 g/mol. The third-order valence-corrected chi connectivity index (χ3v) is 5.48. The lowest BCUT2D eigenvalue weighted by Gasteiger charge is -2.32. The average molecular weight is 345 g/mol. The van der Waals surface area contributed by atoms with Gasteiger partial charge in [-0.05, 0) is 57.7 Å². The van der Waals surface area contributed by atoms with Gasteiger partial charge >= 0.3 is 0 Å². The van der Waals surface area contributed by atoms with E-state index in [1.807, 2.05) is 10.7 Å². The SMILES string of the molecule is N#CC1(NC(=O)CN2CCC(c3ccnn3CCO)CC2)CCCC1. The Balaban J connectivity index is 1.48. The molecule has 1 aromatic rings. The Bertz CT molecular complexity index is 622. The van der Waals surface area contributed by atoms with E-state index in [2.05, 4.69) is 21.4 Å². The second-order valence-corrected chi connectivity index (χ2v) is 7.20. The number of carbonyl (C=O) groups excluding carboxylic acids is 1. The number of nitrogens with one attached hydrogen (secondary N) is 1. The summed E-state index contributed by atoms with van der Waals surface area (Å²) in [6.07, 6.45) is 7.31. The summed E-state index contributed by atoms with van der Waals surface area (Å²) in [6, 6.07) is 4.34. The highest BCUT2D eigenvalue weighted by Gasteiger charge is 2.35. The molecule has 2 heterocycles. The van der Waals surface area contributed by atoms with Crippen LogP contribution in [0.4, 0.5) is 0 Å². The molecule has 0 aromatic carbocycles. The van der Waals surface area contributed by atoms with E-state index in [0.717, 1.165) is 51.6 Å². The summed E-state index contributed by atoms with van der Waals surface area (Å²) in [4.78, 5) is 14.5. The molecule has 1 amide bonds. The molecule has 2 fully saturated rings. The van der Waals surface area contributed by atoms with E-state index in [-0.39, 0.29) is 12.5 Å². The van der Waals surface area contributed by atoms with Crippen LogP contribution in [0.15, 0.2) is 12.3 Å². The molecular formula is C18H27N5O2. The molecule has 1 aromatic heterocycles. The smallest absolute Gasteiger partial charge is 0.235 e. The van der Waals surface area contributed by atoms with E-state index in [9.17, 15) is 10.1 Å². The first-order valence-corrected chi connectivity index (χ1v) is 9.23. The Morgan fingerprint density at radius 3 is 2.76 bits per heavy atom. The molecule has 1 saturated heterocycles. The summed E-state index contributed by atoms with van der Waals surface area (Å²) in [5.74, 6) is 0.390. The number of likely N-dealkylation sites (tertiary alicyclic amines) is 1. The fraction of sp³-hybridized carbons (Fsp3) is 0.722. The van der Waals surface area contributed by atoms with Crippen LogP contribution in [-0.2, 0) is 11.3 Å². The van der Waals surface area contributed by atoms with Gasteiger partial charge in [0.15, 0.2) is 0 Å². The molecule has 1 aliphatic carbocycles. The van der Waals surface area contributed by atoms with Crippen LogP contribution >= 0.6 is 0 Å². The number of aliphatic hydroxyl groups excluding tert-OH is 1. The lowest BCUT2D eigenvalue weighted by molar-refractivity contribution is -0.123. The number of nitrogens with zero attached hydrogens (tertiary/aromatic N) is 4. The first kappa shape index (κ1) is 17.9. The van der Waals surface area contributed by atoms with E-state index >= 15 is 0 Å². The van der Waals surface area contributed by atoms with Crippen molar-refractivity contribution in [3.05, 3.63) is 18.0 Å². The number of rotatable bonds is 6. The zero-order valence-corrected chi connectivity index (χ0v) is 14.7. The Labute approximate surface area is 148 Å². The van der Waals surface area contributed by atoms with Gasteiger partial charge in [0, 0.05) is 17.8 Å². The van der Waals surface area contributed by atoms with Crippen molar-refractivity contribution in [1.82, 2.24) is 20.0 Å². The number of amides is 1. The molecule has 25 heavy (non-hydrogen) atoms. The second kappa shape index (κ2) is 7.98. The summed E-state index contributed by atoms with van der Waals surface area (Å²) in [5, 5.41) is 25.7. The number of aromatic nitrogens is 2. The number of hydrogen-bond donors (Lipinski definition) is 2. The Morgan fingerprint density at radius 1 is 1.40 bits per heavy atom. The van der Waals surface area contributed by atoms with Crippen LogP contribution in [0.25, 0.3) is 0 Å². The van der Waals surface area contributed by atoms with Gasteiger partial charge in [0.05, 0.1) is 25.8 Å². The van der Waals surface area contributed by atoms with Crippen LogP contribution in [0.3, 0.4) is 0 Å². The summed E-state index contributed by atoms with van der Waals surface area (Å²) >= 11 is 0. The van der Waals surface area contributed by atoms with Gasteiger partial charge in [0.1, 0.15) is 5.54 Å². The fourth-order valence-corrected chi connectivity index (χ4v) is 4.11. The van der Waals surface area contributed by atoms with Crippen LogP contribution in [0, 0.1) is 11.3 Å². The van der Waals surface area contributed by atoms with Crippen molar-refractivity contribution in [3.63, 3.8) is 0 Å². The van der Waals surface area contributed by atoms with Crippen molar-refractivity contribution in [1.29, 1.82) is 5.26 Å². The van der Waals surface area contributed by atoms with Gasteiger partial charge in [0.2, 0.25) is 5.91 Å². The maximum atomic E-state index is 12.3. The molecule has 0 bridgehead atoms. The van der Waals surface area contributed by atoms with E-state index in [0.29, 0.717) is 19.0 Å². The summed E-state index contributed by atoms with van der Waals surface area (Å²) < 4.78 is 1.88. The zero-order chi connectivity index (χ0) is 17.7. The summed E-state index contributed by atoms with van der Waals surface area (Å²) in [6.45, 7) is 2.71. The van der Waals surface area contributed by atoms with Crippen molar-refractivity contribution in [2.45, 2.75) is 56.5 Å². The molecule has 2 aliphatic rings. The van der Waals surface area contributed by atoms with Gasteiger partial charge in [-0.15, -0.1) is 0 Å². The van der Waals surface area contributed by atoms with E-state index in [1.54, 1.807) is 6.20 Å². The van der Waals surface area contributed by atoms with Gasteiger partial charge in [-0.2, -0.15) is 10.4 Å². The maximum Gasteiger partial charge on any atom is 0.235 e. The highest BCUT2D eigenvalue weighted by atomic mass is 16.3. The molecule has 7 nitrogen and oxygen atoms in total. The Hall–Kier alpha value is -1.91. The van der Waals surface area contributed by atoms with Crippen LogP contribution < -0.4 is 5.32 Å². The third-order valence-electron chi connectivity index (χ3n) is 5.48. The number of piperidine rings is 1. The molecule has 3 rings (SSSR count). The van der Waals surface area contributed by atoms with Gasteiger partial charge in [-0.1, -0.05) is 0 Å². The third kappa shape index (κ3) is 4.20. The topological polar surface area (TPSA) is 94.2 Å². The molecule has 1 aliphatic heterocycles. The van der Waals surface area contributed by atoms with Crippen LogP contribution in [0.5, 0.6) is 0 Å². The Kier molecular flexibility index (Phi) is 5.71. The average Bonchev–Trinajstić information content (AvgIpc) is 3.26. The summed E-state index contributed by atoms with van der Waals surface area (Å²) in [5.41, 5.74) is 0.541. The Morgan fingerprint density at radius 2 is 2.12 bits per heavy atom. The predicted molar refractivity (Wildman–Crippen MR) is 92.7 cm³/mol. The first-order valence-electron chi connectivity index (χ1n) is 9.23. The molecule has 136 valence electrons. The minimum absolute atomic E-state index is 0.0350. The van der Waals surface area contributed by atoms with Gasteiger partial charge < -0.3 is 10.4 Å². The lowest BCUT2D eigenvalue weighted by Crippen LogP contribution is -2.50. The molecule has 1 saturated carbocycles. The van der Waals surface area contributed by atoms with Gasteiger partial charge in [-0.3, -0.25) is 14.4 Å². The van der Waals surface area contributed by atoms with E-state index in [1.165, 1.54) is 5.69 Å². The van der Waals surface area contributed by atoms with Crippen LogP contribution in [-0.4, -0.2) is 57.5 Å².